The summed E-state index contributed by atoms with van der Waals surface area (Å²) in [7, 11) is 0. The van der Waals surface area contributed by atoms with Gasteiger partial charge >= 0.3 is 0 Å². The van der Waals surface area contributed by atoms with Gasteiger partial charge < -0.3 is 22.3 Å². The van der Waals surface area contributed by atoms with Gasteiger partial charge in [0.2, 0.25) is 0 Å². The molecule has 0 saturated carbocycles. The summed E-state index contributed by atoms with van der Waals surface area (Å²) < 4.78 is 0. The van der Waals surface area contributed by atoms with E-state index < -0.39 is 0 Å². The van der Waals surface area contributed by atoms with Gasteiger partial charge in [0.25, 0.3) is 0 Å². The van der Waals surface area contributed by atoms with E-state index in [1.807, 2.05) is 39.8 Å². The predicted molar refractivity (Wildman–Crippen MR) is 190 cm³/mol. The van der Waals surface area contributed by atoms with Gasteiger partial charge in [0.1, 0.15) is 0 Å². The minimum atomic E-state index is 0.422. The summed E-state index contributed by atoms with van der Waals surface area (Å²) in [6, 6.07) is 30.5. The molecule has 0 amide bonds. The van der Waals surface area contributed by atoms with Crippen molar-refractivity contribution in [3.05, 3.63) is 119 Å². The highest BCUT2D eigenvalue weighted by Crippen LogP contribution is 2.53. The molecule has 6 aromatic rings. The maximum Gasteiger partial charge on any atom is 0.0364 e. The van der Waals surface area contributed by atoms with Crippen LogP contribution in [0.15, 0.2) is 108 Å². The summed E-state index contributed by atoms with van der Waals surface area (Å²) in [5, 5.41) is 26.2. The third-order valence-corrected chi connectivity index (χ3v) is 9.15. The molecule has 44 heavy (non-hydrogen) atoms. The first-order valence-corrected chi connectivity index (χ1v) is 14.9. The lowest BCUT2D eigenvalue weighted by molar-refractivity contribution is 1.29. The van der Waals surface area contributed by atoms with Crippen LogP contribution < -0.4 is 11.5 Å². The molecule has 0 aromatic heterocycles. The molecule has 0 bridgehead atoms. The van der Waals surface area contributed by atoms with Crippen molar-refractivity contribution in [3.8, 4) is 22.3 Å². The molecule has 7 rings (SSSR count). The second kappa shape index (κ2) is 10.1. The molecule has 0 saturated heterocycles. The largest absolute Gasteiger partial charge is 0.404 e. The van der Waals surface area contributed by atoms with E-state index in [9.17, 15) is 0 Å². The lowest BCUT2D eigenvalue weighted by Gasteiger charge is -2.23. The van der Waals surface area contributed by atoms with Crippen molar-refractivity contribution < 1.29 is 0 Å². The molecule has 214 valence electrons. The number of fused-ring (bicyclic) bond motifs is 7. The monoisotopic (exact) mass is 570 g/mol. The van der Waals surface area contributed by atoms with Crippen molar-refractivity contribution >= 4 is 66.2 Å². The maximum atomic E-state index is 8.90. The van der Waals surface area contributed by atoms with Crippen LogP contribution in [0.25, 0.3) is 76.5 Å². The highest BCUT2D eigenvalue weighted by Gasteiger charge is 2.28. The van der Waals surface area contributed by atoms with Crippen molar-refractivity contribution in [2.45, 2.75) is 27.7 Å². The summed E-state index contributed by atoms with van der Waals surface area (Å²) in [4.78, 5) is 0. The summed E-state index contributed by atoms with van der Waals surface area (Å²) in [6.07, 6.45) is 2.98. The SMILES string of the molecule is CC(=N)/C(=C(/C)C=N)c1c2ccccc2c(C(=C(C)N)/C(C)=C\N)c2cc3c(cc12)-c1cc2ccccc2c2cccc-3c12. The highest BCUT2D eigenvalue weighted by molar-refractivity contribution is 6.34. The van der Waals surface area contributed by atoms with Gasteiger partial charge in [-0.05, 0) is 140 Å². The number of benzene rings is 6. The van der Waals surface area contributed by atoms with Crippen molar-refractivity contribution in [1.29, 1.82) is 10.8 Å². The van der Waals surface area contributed by atoms with Crippen LogP contribution in [0.4, 0.5) is 0 Å². The smallest absolute Gasteiger partial charge is 0.0364 e. The molecule has 0 fully saturated rings. The van der Waals surface area contributed by atoms with E-state index in [-0.39, 0.29) is 0 Å². The number of allylic oxidation sites excluding steroid dienone is 5. The zero-order chi connectivity index (χ0) is 30.9. The summed E-state index contributed by atoms with van der Waals surface area (Å²) in [5.74, 6) is 0. The van der Waals surface area contributed by atoms with Crippen molar-refractivity contribution in [2.75, 3.05) is 0 Å². The van der Waals surface area contributed by atoms with Crippen molar-refractivity contribution in [1.82, 2.24) is 0 Å². The van der Waals surface area contributed by atoms with Crippen LogP contribution in [0.5, 0.6) is 0 Å². The van der Waals surface area contributed by atoms with Crippen LogP contribution in [-0.2, 0) is 0 Å². The maximum absolute atomic E-state index is 8.90. The van der Waals surface area contributed by atoms with Gasteiger partial charge in [-0.25, -0.2) is 0 Å². The Balaban J connectivity index is 1.77. The first kappa shape index (κ1) is 27.4. The minimum Gasteiger partial charge on any atom is -0.404 e. The van der Waals surface area contributed by atoms with Crippen molar-refractivity contribution in [2.24, 2.45) is 11.5 Å². The normalized spacial score (nSPS) is 13.8. The van der Waals surface area contributed by atoms with Gasteiger partial charge in [0.05, 0.1) is 0 Å². The Morgan fingerprint density at radius 3 is 1.77 bits per heavy atom. The van der Waals surface area contributed by atoms with E-state index in [0.29, 0.717) is 11.4 Å². The zero-order valence-electron chi connectivity index (χ0n) is 25.4. The second-order valence-corrected chi connectivity index (χ2v) is 11.8. The van der Waals surface area contributed by atoms with Gasteiger partial charge in [0.15, 0.2) is 0 Å². The van der Waals surface area contributed by atoms with Gasteiger partial charge in [-0.3, -0.25) is 0 Å². The number of hydrogen-bond donors (Lipinski definition) is 4. The van der Waals surface area contributed by atoms with E-state index in [1.165, 1.54) is 50.0 Å². The van der Waals surface area contributed by atoms with Gasteiger partial charge in [-0.2, -0.15) is 0 Å². The molecule has 0 unspecified atom stereocenters. The van der Waals surface area contributed by atoms with Gasteiger partial charge in [-0.15, -0.1) is 0 Å². The third-order valence-electron chi connectivity index (χ3n) is 9.15. The molecule has 0 spiro atoms. The molecule has 6 aromatic carbocycles. The molecule has 0 heterocycles. The number of hydrogen-bond acceptors (Lipinski definition) is 4. The predicted octanol–water partition coefficient (Wildman–Crippen LogP) is 9.96. The molecule has 6 N–H and O–H groups in total. The average Bonchev–Trinajstić information content (AvgIpc) is 3.34. The molecular weight excluding hydrogens is 536 g/mol. The van der Waals surface area contributed by atoms with Crippen LogP contribution in [0, 0.1) is 10.8 Å². The highest BCUT2D eigenvalue weighted by atomic mass is 14.6. The molecule has 0 atom stereocenters. The summed E-state index contributed by atoms with van der Waals surface area (Å²) in [5.41, 5.74) is 24.0. The van der Waals surface area contributed by atoms with Crippen LogP contribution in [-0.4, -0.2) is 11.9 Å². The summed E-state index contributed by atoms with van der Waals surface area (Å²) >= 11 is 0. The number of rotatable bonds is 5. The third kappa shape index (κ3) is 3.77. The van der Waals surface area contributed by atoms with Crippen molar-refractivity contribution in [3.63, 3.8) is 0 Å². The minimum absolute atomic E-state index is 0.422. The zero-order valence-corrected chi connectivity index (χ0v) is 25.4. The molecular formula is C40H34N4. The Hall–Kier alpha value is -5.48. The average molecular weight is 571 g/mol. The number of nitrogens with one attached hydrogen (secondary N) is 2. The lowest BCUT2D eigenvalue weighted by Crippen LogP contribution is -2.06. The fourth-order valence-corrected chi connectivity index (χ4v) is 7.35. The Morgan fingerprint density at radius 1 is 0.614 bits per heavy atom. The molecule has 4 heteroatoms. The second-order valence-electron chi connectivity index (χ2n) is 11.8. The Morgan fingerprint density at radius 2 is 1.18 bits per heavy atom. The lowest BCUT2D eigenvalue weighted by atomic mass is 9.80. The van der Waals surface area contributed by atoms with Gasteiger partial charge in [0, 0.05) is 28.8 Å². The molecule has 1 aliphatic rings. The van der Waals surface area contributed by atoms with Crippen LogP contribution in [0.3, 0.4) is 0 Å². The fourth-order valence-electron chi connectivity index (χ4n) is 7.35. The topological polar surface area (TPSA) is 99.7 Å². The molecule has 1 aliphatic carbocycles. The van der Waals surface area contributed by atoms with Crippen LogP contribution in [0.1, 0.15) is 38.8 Å². The summed E-state index contributed by atoms with van der Waals surface area (Å²) in [6.45, 7) is 7.66. The Labute approximate surface area is 257 Å². The van der Waals surface area contributed by atoms with E-state index in [4.69, 9.17) is 22.3 Å². The first-order chi connectivity index (χ1) is 21.3. The fraction of sp³-hybridized carbons (Fsp3) is 0.100. The Bertz CT molecular complexity index is 2360. The molecule has 0 aliphatic heterocycles. The molecule has 0 radical (unpaired) electrons. The molecule has 4 nitrogen and oxygen atoms in total. The van der Waals surface area contributed by atoms with E-state index in [2.05, 4.69) is 72.8 Å². The Kier molecular flexibility index (Phi) is 6.26. The quantitative estimate of drug-likeness (QED) is 0.0716. The van der Waals surface area contributed by atoms with E-state index >= 15 is 0 Å². The van der Waals surface area contributed by atoms with E-state index in [0.717, 1.165) is 55.0 Å². The van der Waals surface area contributed by atoms with Gasteiger partial charge in [-0.1, -0.05) is 66.7 Å². The standard InChI is InChI=1S/C40H34N4/c1-21(19-41)36(23(3)43)39-28-12-7-8-13-29(28)40(37(24(4)44)22(2)20-42)35-18-32-31(17-34(35)39)30-15-9-14-27-26-11-6-5-10-25(26)16-33(32)38(27)30/h5-20,42,44H,41,43H2,1-4H3/b21-19-,36-23?,37-22+,42-20?,44-24?. The van der Waals surface area contributed by atoms with Crippen LogP contribution >= 0.6 is 0 Å². The first-order valence-electron chi connectivity index (χ1n) is 14.9. The number of nitrogens with two attached hydrogens (primary N) is 2. The van der Waals surface area contributed by atoms with E-state index in [1.54, 1.807) is 6.20 Å². The van der Waals surface area contributed by atoms with Crippen LogP contribution in [0.2, 0.25) is 0 Å².